The van der Waals surface area contributed by atoms with E-state index in [1.54, 1.807) is 7.11 Å². The predicted octanol–water partition coefficient (Wildman–Crippen LogP) is 2.02. The van der Waals surface area contributed by atoms with Crippen molar-refractivity contribution in [1.29, 1.82) is 0 Å². The number of carbonyl (C=O) groups is 1. The Morgan fingerprint density at radius 1 is 1.47 bits per heavy atom. The average Bonchev–Trinajstić information content (AvgIpc) is 2.26. The van der Waals surface area contributed by atoms with Gasteiger partial charge in [-0.2, -0.15) is 0 Å². The number of ether oxygens (including phenoxy) is 1. The quantitative estimate of drug-likeness (QED) is 0.850. The molecule has 4 nitrogen and oxygen atoms in total. The number of carbonyl (C=O) groups excluding carboxylic acids is 1. The zero-order valence-corrected chi connectivity index (χ0v) is 13.1. The molecule has 4 heteroatoms. The third-order valence-corrected chi connectivity index (χ3v) is 3.86. The number of likely N-dealkylation sites (tertiary alicyclic amines) is 1. The van der Waals surface area contributed by atoms with Gasteiger partial charge in [0, 0.05) is 32.7 Å². The molecule has 1 rings (SSSR count). The largest absolute Gasteiger partial charge is 0.379 e. The van der Waals surface area contributed by atoms with E-state index in [9.17, 15) is 4.79 Å². The number of nitrogens with zero attached hydrogens (tertiary/aromatic N) is 1. The molecule has 0 aliphatic carbocycles. The monoisotopic (exact) mass is 270 g/mol. The fraction of sp³-hybridized carbons (Fsp3) is 0.933. The second-order valence-corrected chi connectivity index (χ2v) is 7.11. The molecule has 0 spiro atoms. The van der Waals surface area contributed by atoms with Crippen LogP contribution in [0, 0.1) is 11.3 Å². The van der Waals surface area contributed by atoms with Crippen molar-refractivity contribution in [1.82, 2.24) is 4.90 Å². The number of amides is 1. The molecule has 0 aromatic rings. The van der Waals surface area contributed by atoms with Gasteiger partial charge in [0.2, 0.25) is 5.91 Å². The molecule has 0 aromatic heterocycles. The first-order chi connectivity index (χ1) is 8.73. The fourth-order valence-electron chi connectivity index (χ4n) is 2.78. The molecular formula is C15H30N2O2. The van der Waals surface area contributed by atoms with E-state index in [2.05, 4.69) is 27.7 Å². The van der Waals surface area contributed by atoms with Crippen molar-refractivity contribution in [3.63, 3.8) is 0 Å². The summed E-state index contributed by atoms with van der Waals surface area (Å²) in [6.07, 6.45) is 2.49. The van der Waals surface area contributed by atoms with Crippen LogP contribution in [0.5, 0.6) is 0 Å². The Kier molecular flexibility index (Phi) is 5.81. The summed E-state index contributed by atoms with van der Waals surface area (Å²) in [7, 11) is 1.72. The highest BCUT2D eigenvalue weighted by molar-refractivity contribution is 5.77. The highest BCUT2D eigenvalue weighted by Gasteiger charge is 2.29. The van der Waals surface area contributed by atoms with E-state index in [-0.39, 0.29) is 23.5 Å². The second kappa shape index (κ2) is 6.71. The Morgan fingerprint density at radius 3 is 2.63 bits per heavy atom. The molecule has 3 unspecified atom stereocenters. The van der Waals surface area contributed by atoms with Gasteiger partial charge >= 0.3 is 0 Å². The van der Waals surface area contributed by atoms with Gasteiger partial charge in [-0.3, -0.25) is 4.79 Å². The summed E-state index contributed by atoms with van der Waals surface area (Å²) in [5.74, 6) is 0.697. The molecule has 1 fully saturated rings. The van der Waals surface area contributed by atoms with Crippen LogP contribution in [-0.4, -0.2) is 43.2 Å². The van der Waals surface area contributed by atoms with Gasteiger partial charge in [0.15, 0.2) is 0 Å². The number of piperidine rings is 1. The second-order valence-electron chi connectivity index (χ2n) is 7.11. The molecule has 1 aliphatic rings. The zero-order valence-electron chi connectivity index (χ0n) is 13.1. The van der Waals surface area contributed by atoms with Crippen molar-refractivity contribution >= 4 is 5.91 Å². The minimum atomic E-state index is -0.0483. The van der Waals surface area contributed by atoms with Crippen LogP contribution in [0.3, 0.4) is 0 Å². The Balaban J connectivity index is 2.45. The minimum absolute atomic E-state index is 0.0483. The van der Waals surface area contributed by atoms with Crippen LogP contribution in [0.25, 0.3) is 0 Å². The number of hydrogen-bond acceptors (Lipinski definition) is 3. The maximum Gasteiger partial charge on any atom is 0.224 e. The molecular weight excluding hydrogens is 240 g/mol. The molecule has 0 aromatic carbocycles. The summed E-state index contributed by atoms with van der Waals surface area (Å²) < 4.78 is 5.44. The number of methoxy groups -OCH3 is 1. The van der Waals surface area contributed by atoms with Crippen LogP contribution in [0.4, 0.5) is 0 Å². The standard InChI is InChI=1S/C15H30N2O2/c1-11-6-7-17(10-13(11)19-5)14(18)8-12(16)9-15(2,3)4/h11-13H,6-10,16H2,1-5H3. The van der Waals surface area contributed by atoms with E-state index in [4.69, 9.17) is 10.5 Å². The Bertz CT molecular complexity index is 299. The van der Waals surface area contributed by atoms with Gasteiger partial charge in [-0.25, -0.2) is 0 Å². The van der Waals surface area contributed by atoms with E-state index >= 15 is 0 Å². The predicted molar refractivity (Wildman–Crippen MR) is 77.8 cm³/mol. The van der Waals surface area contributed by atoms with Gasteiger partial charge in [-0.15, -0.1) is 0 Å². The summed E-state index contributed by atoms with van der Waals surface area (Å²) in [5.41, 5.74) is 6.25. The first kappa shape index (κ1) is 16.4. The first-order valence-corrected chi connectivity index (χ1v) is 7.29. The topological polar surface area (TPSA) is 55.6 Å². The van der Waals surface area contributed by atoms with Crippen LogP contribution in [0.2, 0.25) is 0 Å². The van der Waals surface area contributed by atoms with Crippen molar-refractivity contribution in [2.75, 3.05) is 20.2 Å². The van der Waals surface area contributed by atoms with Crippen molar-refractivity contribution in [3.05, 3.63) is 0 Å². The van der Waals surface area contributed by atoms with Gasteiger partial charge in [-0.05, 0) is 24.2 Å². The molecule has 0 bridgehead atoms. The minimum Gasteiger partial charge on any atom is -0.379 e. The molecule has 1 saturated heterocycles. The molecule has 2 N–H and O–H groups in total. The lowest BCUT2D eigenvalue weighted by Crippen LogP contribution is -2.48. The highest BCUT2D eigenvalue weighted by Crippen LogP contribution is 2.23. The number of nitrogens with two attached hydrogens (primary N) is 1. The van der Waals surface area contributed by atoms with Crippen LogP contribution >= 0.6 is 0 Å². The lowest BCUT2D eigenvalue weighted by molar-refractivity contribution is -0.136. The fourth-order valence-corrected chi connectivity index (χ4v) is 2.78. The van der Waals surface area contributed by atoms with Crippen molar-refractivity contribution in [2.24, 2.45) is 17.1 Å². The molecule has 0 saturated carbocycles. The Hall–Kier alpha value is -0.610. The van der Waals surface area contributed by atoms with E-state index in [0.29, 0.717) is 18.9 Å². The van der Waals surface area contributed by atoms with Gasteiger partial charge in [0.1, 0.15) is 0 Å². The molecule has 1 aliphatic heterocycles. The van der Waals surface area contributed by atoms with Gasteiger partial charge in [0.05, 0.1) is 6.10 Å². The molecule has 112 valence electrons. The summed E-state index contributed by atoms with van der Waals surface area (Å²) in [6, 6.07) is -0.0483. The smallest absolute Gasteiger partial charge is 0.224 e. The Morgan fingerprint density at radius 2 is 2.11 bits per heavy atom. The third-order valence-electron chi connectivity index (χ3n) is 3.86. The molecule has 1 heterocycles. The summed E-state index contributed by atoms with van der Waals surface area (Å²) in [6.45, 7) is 10.2. The van der Waals surface area contributed by atoms with E-state index in [0.717, 1.165) is 19.4 Å². The van der Waals surface area contributed by atoms with Crippen LogP contribution in [-0.2, 0) is 9.53 Å². The van der Waals surface area contributed by atoms with Gasteiger partial charge < -0.3 is 15.4 Å². The van der Waals surface area contributed by atoms with E-state index < -0.39 is 0 Å². The average molecular weight is 270 g/mol. The van der Waals surface area contributed by atoms with Crippen molar-refractivity contribution in [3.8, 4) is 0 Å². The van der Waals surface area contributed by atoms with Crippen molar-refractivity contribution in [2.45, 2.75) is 59.1 Å². The summed E-state index contributed by atoms with van der Waals surface area (Å²) in [5, 5.41) is 0. The molecule has 1 amide bonds. The third kappa shape index (κ3) is 5.49. The number of hydrogen-bond donors (Lipinski definition) is 1. The zero-order chi connectivity index (χ0) is 14.6. The maximum atomic E-state index is 12.3. The summed E-state index contributed by atoms with van der Waals surface area (Å²) in [4.78, 5) is 14.2. The lowest BCUT2D eigenvalue weighted by atomic mass is 9.87. The normalized spacial score (nSPS) is 26.3. The van der Waals surface area contributed by atoms with E-state index in [1.165, 1.54) is 0 Å². The van der Waals surface area contributed by atoms with Crippen LogP contribution in [0.1, 0.15) is 47.0 Å². The molecule has 0 radical (unpaired) electrons. The lowest BCUT2D eigenvalue weighted by Gasteiger charge is -2.37. The SMILES string of the molecule is COC1CN(C(=O)CC(N)CC(C)(C)C)CCC1C. The van der Waals surface area contributed by atoms with Crippen LogP contribution < -0.4 is 5.73 Å². The van der Waals surface area contributed by atoms with Crippen LogP contribution in [0.15, 0.2) is 0 Å². The maximum absolute atomic E-state index is 12.3. The van der Waals surface area contributed by atoms with Gasteiger partial charge in [0.25, 0.3) is 0 Å². The first-order valence-electron chi connectivity index (χ1n) is 7.29. The molecule has 3 atom stereocenters. The highest BCUT2D eigenvalue weighted by atomic mass is 16.5. The van der Waals surface area contributed by atoms with Crippen molar-refractivity contribution < 1.29 is 9.53 Å². The van der Waals surface area contributed by atoms with E-state index in [1.807, 2.05) is 4.90 Å². The van der Waals surface area contributed by atoms with Gasteiger partial charge in [-0.1, -0.05) is 27.7 Å². The molecule has 19 heavy (non-hydrogen) atoms. The Labute approximate surface area is 117 Å². The number of rotatable bonds is 4. The summed E-state index contributed by atoms with van der Waals surface area (Å²) >= 11 is 0.